The van der Waals surface area contributed by atoms with Crippen LogP contribution in [0.2, 0.25) is 0 Å². The molecule has 0 spiro atoms. The zero-order valence-electron chi connectivity index (χ0n) is 15.5. The van der Waals surface area contributed by atoms with E-state index in [2.05, 4.69) is 15.6 Å². The van der Waals surface area contributed by atoms with Crippen LogP contribution in [0.15, 0.2) is 9.95 Å². The van der Waals surface area contributed by atoms with Gasteiger partial charge < -0.3 is 5.32 Å². The second-order valence-corrected chi connectivity index (χ2v) is 8.00. The van der Waals surface area contributed by atoms with Gasteiger partial charge in [-0.05, 0) is 32.8 Å². The Hall–Kier alpha value is -1.87. The molecule has 0 saturated heterocycles. The van der Waals surface area contributed by atoms with Gasteiger partial charge in [0.25, 0.3) is 5.56 Å². The van der Waals surface area contributed by atoms with Crippen LogP contribution in [0, 0.1) is 13.8 Å². The van der Waals surface area contributed by atoms with Crippen LogP contribution in [-0.4, -0.2) is 33.8 Å². The molecule has 2 aromatic heterocycles. The number of nitrogens with zero attached hydrogens (tertiary/aromatic N) is 2. The van der Waals surface area contributed by atoms with E-state index in [1.807, 2.05) is 27.7 Å². The average molecular weight is 397 g/mol. The molecule has 0 aliphatic heterocycles. The number of aromatic nitrogens is 2. The molecule has 2 N–H and O–H groups in total. The summed E-state index contributed by atoms with van der Waals surface area (Å²) in [6, 6.07) is -0.496. The summed E-state index contributed by atoms with van der Waals surface area (Å²) in [4.78, 5) is 42.6. The summed E-state index contributed by atoms with van der Waals surface area (Å²) in [6.07, 6.45) is 1.83. The summed E-state index contributed by atoms with van der Waals surface area (Å²) < 4.78 is 1.57. The second-order valence-electron chi connectivity index (χ2n) is 5.85. The van der Waals surface area contributed by atoms with Crippen LogP contribution in [-0.2, 0) is 11.3 Å². The van der Waals surface area contributed by atoms with E-state index >= 15 is 0 Å². The Labute approximate surface area is 160 Å². The average Bonchev–Trinajstić information content (AvgIpc) is 2.87. The lowest BCUT2D eigenvalue weighted by Gasteiger charge is -2.10. The molecule has 9 heteroatoms. The van der Waals surface area contributed by atoms with E-state index in [4.69, 9.17) is 0 Å². The van der Waals surface area contributed by atoms with Gasteiger partial charge in [-0.1, -0.05) is 25.1 Å². The van der Waals surface area contributed by atoms with Gasteiger partial charge >= 0.3 is 6.03 Å². The Kier molecular flexibility index (Phi) is 7.22. The number of aryl methyl sites for hydroxylation is 2. The third kappa shape index (κ3) is 4.64. The predicted octanol–water partition coefficient (Wildman–Crippen LogP) is 2.81. The van der Waals surface area contributed by atoms with Crippen molar-refractivity contribution in [3.63, 3.8) is 0 Å². The lowest BCUT2D eigenvalue weighted by Crippen LogP contribution is -2.40. The van der Waals surface area contributed by atoms with Crippen LogP contribution < -0.4 is 16.2 Å². The van der Waals surface area contributed by atoms with Gasteiger partial charge in [0.15, 0.2) is 5.16 Å². The number of urea groups is 1. The van der Waals surface area contributed by atoms with E-state index in [-0.39, 0.29) is 11.3 Å². The van der Waals surface area contributed by atoms with Crippen molar-refractivity contribution in [2.24, 2.45) is 0 Å². The first-order chi connectivity index (χ1) is 12.4. The lowest BCUT2D eigenvalue weighted by molar-refractivity contribution is -0.117. The molecule has 2 rings (SSSR count). The number of carbonyl (C=O) groups excluding carboxylic acids is 2. The first-order valence-electron chi connectivity index (χ1n) is 8.60. The minimum atomic E-state index is -0.496. The molecule has 7 nitrogen and oxygen atoms in total. The van der Waals surface area contributed by atoms with Crippen LogP contribution in [0.1, 0.15) is 37.1 Å². The molecule has 3 amide bonds. The highest BCUT2D eigenvalue weighted by Crippen LogP contribution is 2.28. The minimum absolute atomic E-state index is 0.0164. The van der Waals surface area contributed by atoms with Gasteiger partial charge in [0.1, 0.15) is 4.83 Å². The molecule has 2 heterocycles. The number of thiophene rings is 1. The quantitative estimate of drug-likeness (QED) is 0.426. The second kappa shape index (κ2) is 9.18. The molecular formula is C17H24N4O3S2. The monoisotopic (exact) mass is 396 g/mol. The number of amides is 3. The number of rotatable bonds is 7. The van der Waals surface area contributed by atoms with Crippen LogP contribution in [0.3, 0.4) is 0 Å². The zero-order valence-corrected chi connectivity index (χ0v) is 17.1. The summed E-state index contributed by atoms with van der Waals surface area (Å²) >= 11 is 2.64. The number of unbranched alkanes of at least 4 members (excludes halogenated alkanes) is 1. The molecule has 0 aliphatic rings. The Morgan fingerprint density at radius 3 is 2.65 bits per heavy atom. The summed E-state index contributed by atoms with van der Waals surface area (Å²) in [5.41, 5.74) is 0.877. The molecule has 0 aliphatic carbocycles. The molecule has 0 fully saturated rings. The van der Waals surface area contributed by atoms with Gasteiger partial charge in [0, 0.05) is 18.0 Å². The fourth-order valence-corrected chi connectivity index (χ4v) is 4.35. The standard InChI is InChI=1S/C17H24N4O3S2/c1-5-7-8-18-16(24)19-12(22)9-25-17-20-14-13(10(3)11(4)26-14)15(23)21(17)6-2/h5-9H2,1-4H3,(H2,18,19,22,24). The first-order valence-corrected chi connectivity index (χ1v) is 10.4. The SMILES string of the molecule is CCCCNC(=O)NC(=O)CSc1nc2sc(C)c(C)c2c(=O)n1CC. The molecule has 0 aromatic carbocycles. The number of fused-ring (bicyclic) bond motifs is 1. The molecule has 0 bridgehead atoms. The Balaban J connectivity index is 2.10. The minimum Gasteiger partial charge on any atom is -0.338 e. The van der Waals surface area contributed by atoms with Crippen molar-refractivity contribution in [1.29, 1.82) is 0 Å². The zero-order chi connectivity index (χ0) is 19.3. The van der Waals surface area contributed by atoms with Crippen molar-refractivity contribution in [3.05, 3.63) is 20.8 Å². The maximum absolute atomic E-state index is 12.7. The van der Waals surface area contributed by atoms with Crippen molar-refractivity contribution in [1.82, 2.24) is 20.2 Å². The highest BCUT2D eigenvalue weighted by Gasteiger charge is 2.17. The molecule has 0 unspecified atom stereocenters. The summed E-state index contributed by atoms with van der Waals surface area (Å²) in [5, 5.41) is 6.06. The molecule has 26 heavy (non-hydrogen) atoms. The van der Waals surface area contributed by atoms with E-state index in [0.717, 1.165) is 35.0 Å². The van der Waals surface area contributed by atoms with Crippen LogP contribution in [0.25, 0.3) is 10.2 Å². The van der Waals surface area contributed by atoms with Crippen molar-refractivity contribution >= 4 is 45.3 Å². The van der Waals surface area contributed by atoms with Gasteiger partial charge in [0.05, 0.1) is 11.1 Å². The number of hydrogen-bond acceptors (Lipinski definition) is 6. The Morgan fingerprint density at radius 2 is 2.00 bits per heavy atom. The Bertz CT molecular complexity index is 873. The van der Waals surface area contributed by atoms with E-state index < -0.39 is 11.9 Å². The maximum atomic E-state index is 12.7. The molecular weight excluding hydrogens is 372 g/mol. The Morgan fingerprint density at radius 1 is 1.27 bits per heavy atom. The van der Waals surface area contributed by atoms with Gasteiger partial charge in [-0.15, -0.1) is 11.3 Å². The van der Waals surface area contributed by atoms with Gasteiger partial charge in [0.2, 0.25) is 5.91 Å². The van der Waals surface area contributed by atoms with E-state index in [9.17, 15) is 14.4 Å². The van der Waals surface area contributed by atoms with Crippen LogP contribution in [0.4, 0.5) is 4.79 Å². The highest BCUT2D eigenvalue weighted by molar-refractivity contribution is 7.99. The molecule has 2 aromatic rings. The third-order valence-electron chi connectivity index (χ3n) is 3.97. The van der Waals surface area contributed by atoms with Gasteiger partial charge in [-0.2, -0.15) is 0 Å². The molecule has 142 valence electrons. The van der Waals surface area contributed by atoms with E-state index in [1.165, 1.54) is 11.3 Å². The summed E-state index contributed by atoms with van der Waals surface area (Å²) in [7, 11) is 0. The topological polar surface area (TPSA) is 93.1 Å². The fourth-order valence-electron chi connectivity index (χ4n) is 2.41. The maximum Gasteiger partial charge on any atom is 0.321 e. The number of hydrogen-bond donors (Lipinski definition) is 2. The van der Waals surface area contributed by atoms with Crippen LogP contribution >= 0.6 is 23.1 Å². The third-order valence-corrected chi connectivity index (χ3v) is 6.05. The van der Waals surface area contributed by atoms with Crippen molar-refractivity contribution in [3.8, 4) is 0 Å². The van der Waals surface area contributed by atoms with Crippen molar-refractivity contribution in [2.75, 3.05) is 12.3 Å². The predicted molar refractivity (Wildman–Crippen MR) is 106 cm³/mol. The number of thioether (sulfide) groups is 1. The van der Waals surface area contributed by atoms with Crippen LogP contribution in [0.5, 0.6) is 0 Å². The van der Waals surface area contributed by atoms with Crippen molar-refractivity contribution in [2.45, 2.75) is 52.2 Å². The fraction of sp³-hybridized carbons (Fsp3) is 0.529. The van der Waals surface area contributed by atoms with Crippen molar-refractivity contribution < 1.29 is 9.59 Å². The first kappa shape index (κ1) is 20.4. The molecule has 0 radical (unpaired) electrons. The van der Waals surface area contributed by atoms with Gasteiger partial charge in [-0.25, -0.2) is 9.78 Å². The normalized spacial score (nSPS) is 10.9. The summed E-state index contributed by atoms with van der Waals surface area (Å²) in [5.74, 6) is -0.401. The lowest BCUT2D eigenvalue weighted by atomic mass is 10.2. The summed E-state index contributed by atoms with van der Waals surface area (Å²) in [6.45, 7) is 8.79. The van der Waals surface area contributed by atoms with Gasteiger partial charge in [-0.3, -0.25) is 19.5 Å². The number of carbonyl (C=O) groups is 2. The smallest absolute Gasteiger partial charge is 0.321 e. The molecule has 0 atom stereocenters. The largest absolute Gasteiger partial charge is 0.338 e. The molecule has 0 saturated carbocycles. The van der Waals surface area contributed by atoms with E-state index in [0.29, 0.717) is 28.5 Å². The number of imide groups is 1. The number of nitrogens with one attached hydrogen (secondary N) is 2. The van der Waals surface area contributed by atoms with E-state index in [1.54, 1.807) is 4.57 Å². The highest BCUT2D eigenvalue weighted by atomic mass is 32.2.